The van der Waals surface area contributed by atoms with Crippen LogP contribution in [-0.4, -0.2) is 10.2 Å². The predicted molar refractivity (Wildman–Crippen MR) is 168 cm³/mol. The van der Waals surface area contributed by atoms with Crippen molar-refractivity contribution in [1.29, 1.82) is 0 Å². The number of hydrogen-bond donors (Lipinski definition) is 2. The van der Waals surface area contributed by atoms with Gasteiger partial charge in [0.25, 0.3) is 0 Å². The average Bonchev–Trinajstić information content (AvgIpc) is 3.28. The molecule has 0 bridgehead atoms. The Balaban J connectivity index is 1.66. The van der Waals surface area contributed by atoms with E-state index in [9.17, 15) is 10.2 Å². The second-order valence-corrected chi connectivity index (χ2v) is 13.0. The second-order valence-electron chi connectivity index (χ2n) is 13.0. The first-order chi connectivity index (χ1) is 20.0. The lowest BCUT2D eigenvalue weighted by Crippen LogP contribution is -2.33. The molecule has 2 saturated carbocycles. The number of rotatable bonds is 4. The zero-order valence-electron chi connectivity index (χ0n) is 24.5. The Kier molecular flexibility index (Phi) is 6.69. The molecular weight excluding hydrogens is 500 g/mol. The summed E-state index contributed by atoms with van der Waals surface area (Å²) in [6, 6.07) is 26.5. The van der Waals surface area contributed by atoms with Crippen molar-refractivity contribution in [2.45, 2.75) is 95.3 Å². The van der Waals surface area contributed by atoms with Crippen molar-refractivity contribution in [3.05, 3.63) is 117 Å². The lowest BCUT2D eigenvalue weighted by Gasteiger charge is -2.41. The highest BCUT2D eigenvalue weighted by Gasteiger charge is 2.50. The molecule has 4 aromatic rings. The number of fused-ring (bicyclic) bond motifs is 3. The first kappa shape index (κ1) is 26.4. The van der Waals surface area contributed by atoms with E-state index < -0.39 is 5.41 Å². The molecule has 0 aromatic heterocycles. The predicted octanol–water partition coefficient (Wildman–Crippen LogP) is 10.2. The molecule has 3 aliphatic carbocycles. The van der Waals surface area contributed by atoms with Crippen LogP contribution in [-0.2, 0) is 5.41 Å². The minimum absolute atomic E-state index is 0.327. The summed E-state index contributed by atoms with van der Waals surface area (Å²) in [7, 11) is 0. The van der Waals surface area contributed by atoms with Gasteiger partial charge in [-0.25, -0.2) is 0 Å². The highest BCUT2D eigenvalue weighted by atomic mass is 16.3. The third-order valence-electron chi connectivity index (χ3n) is 10.4. The third-order valence-corrected chi connectivity index (χ3v) is 10.4. The van der Waals surface area contributed by atoms with Crippen molar-refractivity contribution in [2.24, 2.45) is 0 Å². The lowest BCUT2D eigenvalue weighted by atomic mass is 9.61. The van der Waals surface area contributed by atoms with E-state index in [2.05, 4.69) is 74.5 Å². The fourth-order valence-electron chi connectivity index (χ4n) is 8.78. The van der Waals surface area contributed by atoms with Gasteiger partial charge in [0.2, 0.25) is 0 Å². The van der Waals surface area contributed by atoms with Gasteiger partial charge in [0.05, 0.1) is 5.41 Å². The van der Waals surface area contributed by atoms with Crippen LogP contribution >= 0.6 is 0 Å². The molecule has 0 saturated heterocycles. The average molecular weight is 543 g/mol. The van der Waals surface area contributed by atoms with E-state index in [4.69, 9.17) is 0 Å². The van der Waals surface area contributed by atoms with E-state index in [1.807, 2.05) is 12.1 Å². The summed E-state index contributed by atoms with van der Waals surface area (Å²) in [4.78, 5) is 0. The monoisotopic (exact) mass is 542 g/mol. The molecule has 0 amide bonds. The van der Waals surface area contributed by atoms with Gasteiger partial charge in [0, 0.05) is 11.1 Å². The van der Waals surface area contributed by atoms with Gasteiger partial charge in [-0.2, -0.15) is 0 Å². The highest BCUT2D eigenvalue weighted by molar-refractivity contribution is 5.87. The van der Waals surface area contributed by atoms with E-state index >= 15 is 0 Å². The maximum atomic E-state index is 11.8. The molecule has 2 heteroatoms. The Morgan fingerprint density at radius 2 is 0.902 bits per heavy atom. The SMILES string of the molecule is Cc1cc(O)c(C2CCCCC2)c(C2(c3cc(C)cc(O)c3C3CCCCC3)c3ccccc3-c3ccccc32)c1. The van der Waals surface area contributed by atoms with Gasteiger partial charge >= 0.3 is 0 Å². The third kappa shape index (κ3) is 4.13. The van der Waals surface area contributed by atoms with Gasteiger partial charge < -0.3 is 10.2 Å². The zero-order valence-corrected chi connectivity index (χ0v) is 24.5. The normalized spacial score (nSPS) is 18.7. The minimum Gasteiger partial charge on any atom is -0.508 e. The molecule has 0 unspecified atom stereocenters. The molecule has 3 aliphatic rings. The quantitative estimate of drug-likeness (QED) is 0.237. The van der Waals surface area contributed by atoms with E-state index in [1.54, 1.807) is 0 Å². The van der Waals surface area contributed by atoms with Crippen LogP contribution in [0.2, 0.25) is 0 Å². The summed E-state index contributed by atoms with van der Waals surface area (Å²) in [5.74, 6) is 1.52. The van der Waals surface area contributed by atoms with Gasteiger partial charge in [-0.1, -0.05) is 99.2 Å². The summed E-state index contributed by atoms with van der Waals surface area (Å²) in [6.07, 6.45) is 11.8. The van der Waals surface area contributed by atoms with E-state index in [0.717, 1.165) is 47.9 Å². The smallest absolute Gasteiger partial charge is 0.119 e. The fraction of sp³-hybridized carbons (Fsp3) is 0.385. The van der Waals surface area contributed by atoms with Crippen LogP contribution in [0, 0.1) is 13.8 Å². The van der Waals surface area contributed by atoms with Gasteiger partial charge in [-0.15, -0.1) is 0 Å². The van der Waals surface area contributed by atoms with Crippen molar-refractivity contribution in [3.63, 3.8) is 0 Å². The zero-order chi connectivity index (χ0) is 28.1. The molecule has 2 fully saturated rings. The van der Waals surface area contributed by atoms with Gasteiger partial charge in [0.15, 0.2) is 0 Å². The summed E-state index contributed by atoms with van der Waals surface area (Å²) in [5.41, 5.74) is 11.3. The maximum Gasteiger partial charge on any atom is 0.119 e. The van der Waals surface area contributed by atoms with Crippen LogP contribution in [0.15, 0.2) is 72.8 Å². The Bertz CT molecular complexity index is 1480. The maximum absolute atomic E-state index is 11.8. The van der Waals surface area contributed by atoms with Crippen molar-refractivity contribution in [3.8, 4) is 22.6 Å². The Morgan fingerprint density at radius 3 is 1.32 bits per heavy atom. The second kappa shape index (κ2) is 10.4. The van der Waals surface area contributed by atoms with Crippen LogP contribution in [0.4, 0.5) is 0 Å². The fourth-order valence-corrected chi connectivity index (χ4v) is 8.78. The van der Waals surface area contributed by atoms with E-state index in [1.165, 1.54) is 71.9 Å². The number of hydrogen-bond acceptors (Lipinski definition) is 2. The molecule has 2 nitrogen and oxygen atoms in total. The molecule has 0 heterocycles. The molecule has 0 aliphatic heterocycles. The Morgan fingerprint density at radius 1 is 0.512 bits per heavy atom. The summed E-state index contributed by atoms with van der Waals surface area (Å²) < 4.78 is 0. The van der Waals surface area contributed by atoms with Crippen molar-refractivity contribution in [2.75, 3.05) is 0 Å². The number of aromatic hydroxyl groups is 2. The molecule has 0 atom stereocenters. The van der Waals surface area contributed by atoms with E-state index in [-0.39, 0.29) is 0 Å². The van der Waals surface area contributed by atoms with E-state index in [0.29, 0.717) is 23.3 Å². The Hall–Kier alpha value is -3.52. The highest BCUT2D eigenvalue weighted by Crippen LogP contribution is 2.61. The number of phenols is 2. The first-order valence-electron chi connectivity index (χ1n) is 15.9. The number of benzene rings is 4. The van der Waals surface area contributed by atoms with Crippen LogP contribution in [0.1, 0.15) is 121 Å². The summed E-state index contributed by atoms with van der Waals surface area (Å²) >= 11 is 0. The molecule has 0 radical (unpaired) electrons. The molecule has 7 rings (SSSR count). The molecule has 4 aromatic carbocycles. The largest absolute Gasteiger partial charge is 0.508 e. The van der Waals surface area contributed by atoms with Crippen molar-refractivity contribution < 1.29 is 10.2 Å². The number of aryl methyl sites for hydroxylation is 2. The van der Waals surface area contributed by atoms with Crippen LogP contribution < -0.4 is 0 Å². The van der Waals surface area contributed by atoms with Gasteiger partial charge in [-0.05, 0) is 108 Å². The minimum atomic E-state index is -0.625. The summed E-state index contributed by atoms with van der Waals surface area (Å²) in [5, 5.41) is 23.6. The lowest BCUT2D eigenvalue weighted by molar-refractivity contribution is 0.404. The Labute approximate surface area is 245 Å². The molecule has 210 valence electrons. The number of phenolic OH excluding ortho intramolecular Hbond substituents is 2. The first-order valence-corrected chi connectivity index (χ1v) is 15.9. The van der Waals surface area contributed by atoms with Crippen molar-refractivity contribution in [1.82, 2.24) is 0 Å². The standard InChI is InChI=1S/C39H42O2/c1-25-21-33(37(35(40)23-25)27-13-5-3-6-14-27)39(31-19-11-9-17-29(31)30-18-10-12-20-32(30)39)34-22-26(2)24-36(41)38(34)28-15-7-4-8-16-28/h9-12,17-24,27-28,40-41H,3-8,13-16H2,1-2H3. The molecule has 0 spiro atoms. The summed E-state index contributed by atoms with van der Waals surface area (Å²) in [6.45, 7) is 4.23. The molecule has 41 heavy (non-hydrogen) atoms. The molecule has 2 N–H and O–H groups in total. The molecular formula is C39H42O2. The van der Waals surface area contributed by atoms with Crippen LogP contribution in [0.25, 0.3) is 11.1 Å². The van der Waals surface area contributed by atoms with Crippen molar-refractivity contribution >= 4 is 0 Å². The van der Waals surface area contributed by atoms with Crippen LogP contribution in [0.5, 0.6) is 11.5 Å². The van der Waals surface area contributed by atoms with Gasteiger partial charge in [-0.3, -0.25) is 0 Å². The van der Waals surface area contributed by atoms with Crippen LogP contribution in [0.3, 0.4) is 0 Å². The van der Waals surface area contributed by atoms with Gasteiger partial charge in [0.1, 0.15) is 11.5 Å². The topological polar surface area (TPSA) is 40.5 Å².